The van der Waals surface area contributed by atoms with Gasteiger partial charge in [-0.1, -0.05) is 364 Å². The van der Waals surface area contributed by atoms with Crippen molar-refractivity contribution in [3.05, 3.63) is 457 Å². The molecule has 18 rings (SSSR count). The molecule has 16 aromatic rings. The minimum atomic E-state index is 0.888. The molecule has 488 valence electrons. The van der Waals surface area contributed by atoms with Crippen LogP contribution in [0.2, 0.25) is 0 Å². The van der Waals surface area contributed by atoms with E-state index in [9.17, 15) is 0 Å². The van der Waals surface area contributed by atoms with Crippen molar-refractivity contribution in [2.24, 2.45) is 20.0 Å². The fourth-order valence-corrected chi connectivity index (χ4v) is 14.0. The second-order valence-corrected chi connectivity index (χ2v) is 26.0. The maximum atomic E-state index is 5.45. The van der Waals surface area contributed by atoms with Crippen molar-refractivity contribution < 1.29 is 0 Å². The Kier molecular flexibility index (Phi) is 17.9. The van der Waals surface area contributed by atoms with E-state index in [0.717, 1.165) is 112 Å². The molecule has 2 heterocycles. The highest BCUT2D eigenvalue weighted by atomic mass is 14.8. The lowest BCUT2D eigenvalue weighted by molar-refractivity contribution is 1.39. The summed E-state index contributed by atoms with van der Waals surface area (Å²) in [6.07, 6.45) is 0. The molecule has 16 aromatic carbocycles. The first-order chi connectivity index (χ1) is 51.5. The average molecular weight is 1330 g/mol. The Balaban J connectivity index is 0.000000154. The van der Waals surface area contributed by atoms with E-state index in [1.165, 1.54) is 66.8 Å². The summed E-state index contributed by atoms with van der Waals surface area (Å²) in [5.41, 5.74) is 34.4. The minimum Gasteiger partial charge on any atom is -0.247 e. The first-order valence-corrected chi connectivity index (χ1v) is 35.3. The van der Waals surface area contributed by atoms with Crippen LogP contribution in [0.3, 0.4) is 0 Å². The second kappa shape index (κ2) is 29.2. The minimum absolute atomic E-state index is 0.888. The molecule has 4 nitrogen and oxygen atoms in total. The topological polar surface area (TPSA) is 49.4 Å². The van der Waals surface area contributed by atoms with Crippen molar-refractivity contribution in [3.8, 4) is 89.0 Å². The van der Waals surface area contributed by atoms with Crippen molar-refractivity contribution in [1.29, 1.82) is 0 Å². The molecule has 0 aromatic heterocycles. The average Bonchev–Trinajstić information content (AvgIpc) is 0.775. The van der Waals surface area contributed by atoms with Crippen LogP contribution in [0.15, 0.2) is 432 Å². The quantitative estimate of drug-likeness (QED) is 0.117. The summed E-state index contributed by atoms with van der Waals surface area (Å²) < 4.78 is 0. The predicted octanol–water partition coefficient (Wildman–Crippen LogP) is 26.0. The lowest BCUT2D eigenvalue weighted by atomic mass is 9.92. The van der Waals surface area contributed by atoms with E-state index >= 15 is 0 Å². The van der Waals surface area contributed by atoms with Gasteiger partial charge in [0, 0.05) is 44.5 Å². The Hall–Kier alpha value is -13.8. The summed E-state index contributed by atoms with van der Waals surface area (Å²) >= 11 is 0. The zero-order valence-electron chi connectivity index (χ0n) is 57.0. The number of aliphatic imine (C=N–C) groups is 4. The van der Waals surface area contributed by atoms with Gasteiger partial charge in [-0.2, -0.15) is 0 Å². The smallest absolute Gasteiger partial charge is 0.0803 e. The van der Waals surface area contributed by atoms with Crippen LogP contribution in [0, 0.1) is 0 Å². The lowest BCUT2D eigenvalue weighted by Crippen LogP contribution is -2.10. The van der Waals surface area contributed by atoms with E-state index in [-0.39, 0.29) is 0 Å². The van der Waals surface area contributed by atoms with Crippen LogP contribution >= 0.6 is 0 Å². The molecule has 0 aliphatic carbocycles. The molecule has 0 atom stereocenters. The maximum absolute atomic E-state index is 5.45. The van der Waals surface area contributed by atoms with Crippen LogP contribution in [0.5, 0.6) is 0 Å². The largest absolute Gasteiger partial charge is 0.247 e. The number of rotatable bonds is 12. The van der Waals surface area contributed by atoms with E-state index in [4.69, 9.17) is 20.0 Å². The number of nitrogens with zero attached hydrogens (tertiary/aromatic N) is 4. The summed E-state index contributed by atoms with van der Waals surface area (Å²) in [6, 6.07) is 145. The molecular weight excluding hydrogens is 1260 g/mol. The number of fused-ring (bicyclic) bond motifs is 4. The van der Waals surface area contributed by atoms with Crippen molar-refractivity contribution in [1.82, 2.24) is 0 Å². The summed E-state index contributed by atoms with van der Waals surface area (Å²) in [7, 11) is 0. The summed E-state index contributed by atoms with van der Waals surface area (Å²) in [6.45, 7) is 0. The number of hydrogen-bond acceptors (Lipinski definition) is 4. The molecule has 0 amide bonds. The first kappa shape index (κ1) is 63.6. The van der Waals surface area contributed by atoms with Gasteiger partial charge in [0.1, 0.15) is 0 Å². The Morgan fingerprint density at radius 2 is 0.260 bits per heavy atom. The molecule has 0 radical (unpaired) electrons. The van der Waals surface area contributed by atoms with Gasteiger partial charge in [0.05, 0.1) is 45.6 Å². The Labute approximate surface area is 607 Å². The Morgan fingerprint density at radius 3 is 0.510 bits per heavy atom. The van der Waals surface area contributed by atoms with Crippen molar-refractivity contribution in [2.45, 2.75) is 0 Å². The number of para-hydroxylation sites is 4. The van der Waals surface area contributed by atoms with E-state index in [2.05, 4.69) is 400 Å². The number of hydrogen-bond donors (Lipinski definition) is 0. The summed E-state index contributed by atoms with van der Waals surface area (Å²) in [4.78, 5) is 21.6. The standard InChI is InChI=1S/2C50H34N2/c1-3-15-35(16-4-1)37-19-11-21-39(31-37)41-23-13-25-43(33-41)49-45-27-7-9-29-47(45)52-50(46-28-8-10-30-48(46)51-49)44-26-14-24-42(34-44)40-22-12-20-38(32-40)36-17-5-2-6-18-36;1-3-11-35(12-4-1)37-19-23-39(24-20-37)41-27-31-43(32-28-41)49-45-15-7-9-17-47(45)52-50(46-16-8-10-18-48(46)51-49)44-33-29-42(30-34-44)40-25-21-38(22-26-40)36-13-5-2-6-14-36/h2*1-34H. The highest BCUT2D eigenvalue weighted by Crippen LogP contribution is 2.39. The van der Waals surface area contributed by atoms with Gasteiger partial charge in [0.2, 0.25) is 0 Å². The first-order valence-electron chi connectivity index (χ1n) is 35.3. The summed E-state index contributed by atoms with van der Waals surface area (Å²) in [5, 5.41) is 0. The highest BCUT2D eigenvalue weighted by Gasteiger charge is 2.23. The van der Waals surface area contributed by atoms with Crippen LogP contribution in [0.1, 0.15) is 44.5 Å². The zero-order chi connectivity index (χ0) is 69.4. The van der Waals surface area contributed by atoms with Crippen LogP contribution in [-0.2, 0) is 0 Å². The van der Waals surface area contributed by atoms with Gasteiger partial charge < -0.3 is 0 Å². The van der Waals surface area contributed by atoms with Crippen molar-refractivity contribution in [3.63, 3.8) is 0 Å². The van der Waals surface area contributed by atoms with E-state index < -0.39 is 0 Å². The molecule has 0 unspecified atom stereocenters. The highest BCUT2D eigenvalue weighted by molar-refractivity contribution is 6.24. The Morgan fingerprint density at radius 1 is 0.106 bits per heavy atom. The van der Waals surface area contributed by atoms with Gasteiger partial charge in [-0.3, -0.25) is 0 Å². The van der Waals surface area contributed by atoms with E-state index in [0.29, 0.717) is 0 Å². The lowest BCUT2D eigenvalue weighted by Gasteiger charge is -2.19. The fourth-order valence-electron chi connectivity index (χ4n) is 14.0. The fraction of sp³-hybridized carbons (Fsp3) is 0. The predicted molar refractivity (Wildman–Crippen MR) is 436 cm³/mol. The third kappa shape index (κ3) is 13.6. The third-order valence-electron chi connectivity index (χ3n) is 19.4. The van der Waals surface area contributed by atoms with Crippen LogP contribution in [-0.4, -0.2) is 22.8 Å². The molecule has 0 bridgehead atoms. The zero-order valence-corrected chi connectivity index (χ0v) is 57.0. The van der Waals surface area contributed by atoms with E-state index in [1.807, 2.05) is 12.1 Å². The van der Waals surface area contributed by atoms with Gasteiger partial charge in [0.15, 0.2) is 0 Å². The molecule has 0 saturated heterocycles. The van der Waals surface area contributed by atoms with Gasteiger partial charge in [-0.25, -0.2) is 20.0 Å². The molecule has 0 N–H and O–H groups in total. The Bertz CT molecular complexity index is 5530. The molecule has 0 saturated carbocycles. The second-order valence-electron chi connectivity index (χ2n) is 26.0. The van der Waals surface area contributed by atoms with Gasteiger partial charge in [0.25, 0.3) is 0 Å². The normalized spacial score (nSPS) is 12.1. The molecule has 2 aliphatic heterocycles. The van der Waals surface area contributed by atoms with Gasteiger partial charge in [-0.15, -0.1) is 0 Å². The molecule has 2 aliphatic rings. The summed E-state index contributed by atoms with van der Waals surface area (Å²) in [5.74, 6) is 0. The monoisotopic (exact) mass is 1320 g/mol. The maximum Gasteiger partial charge on any atom is 0.0803 e. The van der Waals surface area contributed by atoms with Gasteiger partial charge >= 0.3 is 0 Å². The number of benzene rings is 16. The van der Waals surface area contributed by atoms with Crippen molar-refractivity contribution >= 4 is 45.6 Å². The molecule has 0 spiro atoms. The third-order valence-corrected chi connectivity index (χ3v) is 19.4. The molecule has 4 heteroatoms. The van der Waals surface area contributed by atoms with E-state index in [1.54, 1.807) is 0 Å². The SMILES string of the molecule is c1ccc(-c2ccc(-c3ccc(C4=Nc5ccccc5C(c5ccc(-c6ccc(-c7ccccc7)cc6)cc5)=Nc5ccccc54)cc3)cc2)cc1.c1ccc(-c2cccc(-c3cccc(C4=Nc5ccccc5C(c5cccc(-c6cccc(-c7ccccc7)c6)c5)=Nc5ccccc54)c3)c2)cc1. The van der Waals surface area contributed by atoms with Gasteiger partial charge in [-0.05, 0) is 138 Å². The van der Waals surface area contributed by atoms with Crippen LogP contribution in [0.25, 0.3) is 89.0 Å². The van der Waals surface area contributed by atoms with Crippen molar-refractivity contribution in [2.75, 3.05) is 0 Å². The van der Waals surface area contributed by atoms with Crippen LogP contribution in [0.4, 0.5) is 22.7 Å². The molecule has 104 heavy (non-hydrogen) atoms. The van der Waals surface area contributed by atoms with Crippen LogP contribution < -0.4 is 0 Å². The molecular formula is C100H68N4. The molecule has 0 fully saturated rings.